The van der Waals surface area contributed by atoms with Crippen LogP contribution < -0.4 is 5.32 Å². The Morgan fingerprint density at radius 3 is 2.91 bits per heavy atom. The van der Waals surface area contributed by atoms with Gasteiger partial charge in [-0.1, -0.05) is 12.1 Å². The number of carbonyl (C=O) groups is 1. The summed E-state index contributed by atoms with van der Waals surface area (Å²) >= 11 is 0. The summed E-state index contributed by atoms with van der Waals surface area (Å²) < 4.78 is 21.2. The van der Waals surface area contributed by atoms with Gasteiger partial charge >= 0.3 is 6.03 Å². The number of nitrogens with one attached hydrogen (secondary N) is 1. The minimum atomic E-state index is -0.626. The van der Waals surface area contributed by atoms with E-state index in [9.17, 15) is 9.18 Å². The number of benzene rings is 1. The second-order valence-corrected chi connectivity index (χ2v) is 5.81. The highest BCUT2D eigenvalue weighted by atomic mass is 19.1. The average Bonchev–Trinajstić information content (AvgIpc) is 2.97. The Kier molecular flexibility index (Phi) is 4.04. The zero-order chi connectivity index (χ0) is 16.4. The number of ether oxygens (including phenoxy) is 1. The first-order valence-electron chi connectivity index (χ1n) is 7.41. The molecule has 2 amide bonds. The van der Waals surface area contributed by atoms with Crippen molar-refractivity contribution in [2.75, 3.05) is 25.0 Å². The fraction of sp³-hybridized carbons (Fsp3) is 0.375. The topological polar surface area (TPSA) is 59.4 Å². The lowest BCUT2D eigenvalue weighted by molar-refractivity contribution is -0.0895. The molecular weight excluding hydrogens is 299 g/mol. The maximum Gasteiger partial charge on any atom is 0.322 e. The zero-order valence-corrected chi connectivity index (χ0v) is 13.1. The third kappa shape index (κ3) is 3.19. The van der Waals surface area contributed by atoms with E-state index < -0.39 is 11.4 Å². The molecule has 7 heteroatoms. The molecule has 0 aliphatic carbocycles. The minimum absolute atomic E-state index is 0.173. The molecule has 6 nitrogen and oxygen atoms in total. The molecule has 1 aromatic heterocycles. The highest BCUT2D eigenvalue weighted by Crippen LogP contribution is 2.29. The molecule has 2 heterocycles. The maximum atomic E-state index is 13.7. The third-order valence-corrected chi connectivity index (χ3v) is 3.99. The molecule has 0 unspecified atom stereocenters. The molecule has 1 atom stereocenters. The van der Waals surface area contributed by atoms with Gasteiger partial charge in [-0.3, -0.25) is 4.68 Å². The molecule has 23 heavy (non-hydrogen) atoms. The largest absolute Gasteiger partial charge is 0.367 e. The molecular formula is C16H19FN4O2. The molecule has 122 valence electrons. The number of aromatic nitrogens is 2. The van der Waals surface area contributed by atoms with E-state index in [2.05, 4.69) is 10.4 Å². The first-order valence-corrected chi connectivity index (χ1v) is 7.41. The van der Waals surface area contributed by atoms with E-state index in [0.717, 1.165) is 5.56 Å². The number of hydrogen-bond acceptors (Lipinski definition) is 3. The van der Waals surface area contributed by atoms with E-state index in [0.29, 0.717) is 19.7 Å². The summed E-state index contributed by atoms with van der Waals surface area (Å²) in [6, 6.07) is 5.77. The van der Waals surface area contributed by atoms with Crippen LogP contribution in [0.1, 0.15) is 12.5 Å². The Morgan fingerprint density at radius 2 is 2.22 bits per heavy atom. The quantitative estimate of drug-likeness (QED) is 0.924. The van der Waals surface area contributed by atoms with Crippen LogP contribution in [0.3, 0.4) is 0 Å². The second-order valence-electron chi connectivity index (χ2n) is 5.81. The van der Waals surface area contributed by atoms with Crippen LogP contribution in [0.25, 0.3) is 0 Å². The molecule has 3 rings (SSSR count). The molecule has 2 aromatic rings. The lowest BCUT2D eigenvalue weighted by Crippen LogP contribution is -2.51. The molecule has 1 aliphatic heterocycles. The lowest BCUT2D eigenvalue weighted by Gasteiger charge is -2.39. The third-order valence-electron chi connectivity index (χ3n) is 3.99. The summed E-state index contributed by atoms with van der Waals surface area (Å²) in [6.07, 6.45) is 3.61. The fourth-order valence-corrected chi connectivity index (χ4v) is 2.67. The van der Waals surface area contributed by atoms with Gasteiger partial charge in [0, 0.05) is 25.4 Å². The minimum Gasteiger partial charge on any atom is -0.367 e. The van der Waals surface area contributed by atoms with Crippen molar-refractivity contribution in [1.82, 2.24) is 14.7 Å². The summed E-state index contributed by atoms with van der Waals surface area (Å²) in [4.78, 5) is 14.0. The number of para-hydroxylation sites is 1. The van der Waals surface area contributed by atoms with Crippen molar-refractivity contribution in [1.29, 1.82) is 0 Å². The van der Waals surface area contributed by atoms with Gasteiger partial charge in [0.05, 0.1) is 25.0 Å². The Hall–Kier alpha value is -2.41. The van der Waals surface area contributed by atoms with Crippen molar-refractivity contribution in [3.05, 3.63) is 48.0 Å². The fourth-order valence-electron chi connectivity index (χ4n) is 2.67. The van der Waals surface area contributed by atoms with Crippen molar-refractivity contribution in [2.24, 2.45) is 7.05 Å². The van der Waals surface area contributed by atoms with Gasteiger partial charge in [-0.2, -0.15) is 5.10 Å². The zero-order valence-electron chi connectivity index (χ0n) is 13.1. The highest BCUT2D eigenvalue weighted by Gasteiger charge is 2.36. The van der Waals surface area contributed by atoms with Gasteiger partial charge < -0.3 is 15.0 Å². The Labute approximate surface area is 133 Å². The Morgan fingerprint density at radius 1 is 1.43 bits per heavy atom. The van der Waals surface area contributed by atoms with Crippen molar-refractivity contribution in [2.45, 2.75) is 12.5 Å². The van der Waals surface area contributed by atoms with Crippen LogP contribution >= 0.6 is 0 Å². The van der Waals surface area contributed by atoms with Crippen LogP contribution in [-0.2, 0) is 17.4 Å². The number of aryl methyl sites for hydroxylation is 1. The number of amides is 2. The number of urea groups is 1. The number of rotatable bonds is 2. The lowest BCUT2D eigenvalue weighted by atomic mass is 9.97. The standard InChI is InChI=1S/C16H19FN4O2/c1-16(12-9-18-20(2)10-12)11-21(7-8-23-16)15(22)19-14-6-4-3-5-13(14)17/h3-6,9-10H,7-8,11H2,1-2H3,(H,19,22)/t16-/m0/s1. The monoisotopic (exact) mass is 318 g/mol. The molecule has 0 radical (unpaired) electrons. The van der Waals surface area contributed by atoms with Crippen LogP contribution in [0.15, 0.2) is 36.7 Å². The summed E-state index contributed by atoms with van der Waals surface area (Å²) in [5, 5.41) is 6.76. The van der Waals surface area contributed by atoms with Crippen LogP contribution in [0.2, 0.25) is 0 Å². The number of anilines is 1. The van der Waals surface area contributed by atoms with Crippen molar-refractivity contribution >= 4 is 11.7 Å². The van der Waals surface area contributed by atoms with Crippen LogP contribution in [-0.4, -0.2) is 40.4 Å². The summed E-state index contributed by atoms with van der Waals surface area (Å²) in [5.41, 5.74) is 0.453. The van der Waals surface area contributed by atoms with Crippen molar-refractivity contribution in [3.8, 4) is 0 Å². The van der Waals surface area contributed by atoms with Gasteiger partial charge in [0.2, 0.25) is 0 Å². The van der Waals surface area contributed by atoms with E-state index in [1.807, 2.05) is 20.2 Å². The number of morpholine rings is 1. The molecule has 1 aliphatic rings. The Balaban J connectivity index is 1.73. The van der Waals surface area contributed by atoms with Crippen LogP contribution in [0.5, 0.6) is 0 Å². The molecule has 0 saturated carbocycles. The van der Waals surface area contributed by atoms with Gasteiger partial charge in [-0.15, -0.1) is 0 Å². The smallest absolute Gasteiger partial charge is 0.322 e. The van der Waals surface area contributed by atoms with E-state index in [4.69, 9.17) is 4.74 Å². The molecule has 0 bridgehead atoms. The molecule has 0 spiro atoms. The first-order chi connectivity index (χ1) is 11.0. The van der Waals surface area contributed by atoms with E-state index in [-0.39, 0.29) is 11.7 Å². The summed E-state index contributed by atoms with van der Waals surface area (Å²) in [7, 11) is 1.83. The molecule has 1 saturated heterocycles. The Bertz CT molecular complexity index is 718. The average molecular weight is 318 g/mol. The predicted molar refractivity (Wildman–Crippen MR) is 83.5 cm³/mol. The van der Waals surface area contributed by atoms with Gasteiger partial charge in [0.15, 0.2) is 0 Å². The van der Waals surface area contributed by atoms with Gasteiger partial charge in [0.1, 0.15) is 11.4 Å². The van der Waals surface area contributed by atoms with E-state index in [1.54, 1.807) is 27.9 Å². The normalized spacial score (nSPS) is 21.3. The number of nitrogens with zero attached hydrogens (tertiary/aromatic N) is 3. The SMILES string of the molecule is Cn1cc([C@]2(C)CN(C(=O)Nc3ccccc3F)CCO2)cn1. The number of carbonyl (C=O) groups excluding carboxylic acids is 1. The van der Waals surface area contributed by atoms with Gasteiger partial charge in [-0.25, -0.2) is 9.18 Å². The van der Waals surface area contributed by atoms with Crippen LogP contribution in [0.4, 0.5) is 14.9 Å². The highest BCUT2D eigenvalue weighted by molar-refractivity contribution is 5.89. The van der Waals surface area contributed by atoms with Gasteiger partial charge in [-0.05, 0) is 19.1 Å². The van der Waals surface area contributed by atoms with E-state index in [1.165, 1.54) is 12.1 Å². The predicted octanol–water partition coefficient (Wildman–Crippen LogP) is 2.34. The van der Waals surface area contributed by atoms with E-state index >= 15 is 0 Å². The van der Waals surface area contributed by atoms with Crippen LogP contribution in [0, 0.1) is 5.82 Å². The number of hydrogen-bond donors (Lipinski definition) is 1. The summed E-state index contributed by atoms with van der Waals surface area (Å²) in [6.45, 7) is 3.16. The molecule has 1 aromatic carbocycles. The summed E-state index contributed by atoms with van der Waals surface area (Å²) in [5.74, 6) is -0.455. The molecule has 1 N–H and O–H groups in total. The number of halogens is 1. The molecule has 1 fully saturated rings. The van der Waals surface area contributed by atoms with Crippen molar-refractivity contribution in [3.63, 3.8) is 0 Å². The maximum absolute atomic E-state index is 13.7. The van der Waals surface area contributed by atoms with Crippen molar-refractivity contribution < 1.29 is 13.9 Å². The van der Waals surface area contributed by atoms with Gasteiger partial charge in [0.25, 0.3) is 0 Å². The second kappa shape index (κ2) is 6.00. The first kappa shape index (κ1) is 15.5.